The average Bonchev–Trinajstić information content (AvgIpc) is 2.38. The van der Waals surface area contributed by atoms with E-state index in [4.69, 9.17) is 4.74 Å². The van der Waals surface area contributed by atoms with Crippen molar-refractivity contribution in [2.24, 2.45) is 0 Å². The van der Waals surface area contributed by atoms with E-state index in [1.54, 1.807) is 6.07 Å². The van der Waals surface area contributed by atoms with Crippen molar-refractivity contribution in [3.8, 4) is 5.75 Å². The molecule has 0 bridgehead atoms. The number of carbonyl (C=O) groups excluding carboxylic acids is 2. The van der Waals surface area contributed by atoms with Crippen molar-refractivity contribution in [3.63, 3.8) is 0 Å². The van der Waals surface area contributed by atoms with Crippen LogP contribution < -0.4 is 15.4 Å². The topological polar surface area (TPSA) is 76.7 Å². The third-order valence-electron chi connectivity index (χ3n) is 2.50. The first-order valence-electron chi connectivity index (χ1n) is 5.52. The van der Waals surface area contributed by atoms with Crippen LogP contribution in [0.5, 0.6) is 5.75 Å². The molecule has 2 N–H and O–H groups in total. The normalized spacial score (nSPS) is 13.3. The number of fused-ring (bicyclic) bond motifs is 1. The third-order valence-corrected chi connectivity index (χ3v) is 2.50. The molecule has 1 amide bonds. The fraction of sp³-hybridized carbons (Fsp3) is 0.333. The number of anilines is 1. The van der Waals surface area contributed by atoms with Gasteiger partial charge in [0.25, 0.3) is 5.91 Å². The maximum atomic E-state index is 11.2. The lowest BCUT2D eigenvalue weighted by molar-refractivity contribution is -0.139. The van der Waals surface area contributed by atoms with Gasteiger partial charge in [0.2, 0.25) is 0 Å². The first-order valence-corrected chi connectivity index (χ1v) is 5.52. The number of hydrogen-bond acceptors (Lipinski definition) is 5. The van der Waals surface area contributed by atoms with E-state index < -0.39 is 0 Å². The molecule has 0 aliphatic carbocycles. The van der Waals surface area contributed by atoms with Crippen LogP contribution >= 0.6 is 0 Å². The van der Waals surface area contributed by atoms with Crippen molar-refractivity contribution in [1.82, 2.24) is 5.32 Å². The Morgan fingerprint density at radius 1 is 1.56 bits per heavy atom. The smallest absolute Gasteiger partial charge is 0.319 e. The van der Waals surface area contributed by atoms with Gasteiger partial charge in [-0.2, -0.15) is 0 Å². The van der Waals surface area contributed by atoms with Crippen LogP contribution in [0.1, 0.15) is 5.56 Å². The molecule has 0 fully saturated rings. The maximum Gasteiger partial charge on any atom is 0.319 e. The number of amides is 1. The highest BCUT2D eigenvalue weighted by Gasteiger charge is 2.15. The molecule has 0 saturated heterocycles. The Hall–Kier alpha value is -2.08. The summed E-state index contributed by atoms with van der Waals surface area (Å²) in [6, 6.07) is 5.49. The van der Waals surface area contributed by atoms with Crippen LogP contribution in [0.3, 0.4) is 0 Å². The van der Waals surface area contributed by atoms with Gasteiger partial charge in [0.05, 0.1) is 19.3 Å². The molecule has 0 radical (unpaired) electrons. The van der Waals surface area contributed by atoms with E-state index in [1.165, 1.54) is 7.11 Å². The van der Waals surface area contributed by atoms with Crippen LogP contribution in [-0.4, -0.2) is 32.1 Å². The predicted octanol–water partition coefficient (Wildman–Crippen LogP) is 0.280. The Morgan fingerprint density at radius 3 is 3.17 bits per heavy atom. The van der Waals surface area contributed by atoms with Gasteiger partial charge in [-0.1, -0.05) is 6.07 Å². The highest BCUT2D eigenvalue weighted by Crippen LogP contribution is 2.28. The Morgan fingerprint density at radius 2 is 2.39 bits per heavy atom. The maximum absolute atomic E-state index is 11.2. The molecule has 1 aliphatic rings. The van der Waals surface area contributed by atoms with Crippen molar-refractivity contribution in [2.45, 2.75) is 6.54 Å². The first-order chi connectivity index (χ1) is 8.69. The van der Waals surface area contributed by atoms with Crippen LogP contribution in [0.15, 0.2) is 18.2 Å². The van der Waals surface area contributed by atoms with Gasteiger partial charge < -0.3 is 20.1 Å². The molecule has 1 aliphatic heterocycles. The molecule has 1 aromatic carbocycles. The Balaban J connectivity index is 1.96. The lowest BCUT2D eigenvalue weighted by Gasteiger charge is -2.18. The number of carbonyl (C=O) groups is 2. The Bertz CT molecular complexity index is 473. The molecule has 0 saturated carbocycles. The van der Waals surface area contributed by atoms with E-state index in [-0.39, 0.29) is 25.0 Å². The molecule has 0 aromatic heterocycles. The van der Waals surface area contributed by atoms with E-state index in [2.05, 4.69) is 15.4 Å². The summed E-state index contributed by atoms with van der Waals surface area (Å²) in [5.41, 5.74) is 1.60. The van der Waals surface area contributed by atoms with Gasteiger partial charge in [-0.15, -0.1) is 0 Å². The zero-order valence-electron chi connectivity index (χ0n) is 9.99. The lowest BCUT2D eigenvalue weighted by Crippen LogP contribution is -2.26. The van der Waals surface area contributed by atoms with Crippen molar-refractivity contribution in [1.29, 1.82) is 0 Å². The van der Waals surface area contributed by atoms with E-state index in [0.29, 0.717) is 18.0 Å². The van der Waals surface area contributed by atoms with E-state index in [1.807, 2.05) is 12.1 Å². The number of ether oxygens (including phenoxy) is 2. The molecule has 6 nitrogen and oxygen atoms in total. The summed E-state index contributed by atoms with van der Waals surface area (Å²) in [7, 11) is 1.34. The monoisotopic (exact) mass is 250 g/mol. The Kier molecular flexibility index (Phi) is 3.78. The van der Waals surface area contributed by atoms with Gasteiger partial charge in [-0.25, -0.2) is 0 Å². The predicted molar refractivity (Wildman–Crippen MR) is 64.3 cm³/mol. The highest BCUT2D eigenvalue weighted by molar-refractivity contribution is 5.95. The summed E-state index contributed by atoms with van der Waals surface area (Å²) in [5.74, 6) is 0.179. The summed E-state index contributed by atoms with van der Waals surface area (Å²) < 4.78 is 9.76. The minimum atomic E-state index is -0.315. The number of rotatable bonds is 4. The van der Waals surface area contributed by atoms with Gasteiger partial charge in [0.1, 0.15) is 5.75 Å². The number of nitrogens with one attached hydrogen (secondary N) is 2. The summed E-state index contributed by atoms with van der Waals surface area (Å²) >= 11 is 0. The third kappa shape index (κ3) is 2.98. The lowest BCUT2D eigenvalue weighted by atomic mass is 10.1. The first kappa shape index (κ1) is 12.4. The zero-order chi connectivity index (χ0) is 13.0. The van der Waals surface area contributed by atoms with Gasteiger partial charge in [0, 0.05) is 6.54 Å². The fourth-order valence-electron chi connectivity index (χ4n) is 1.62. The van der Waals surface area contributed by atoms with Gasteiger partial charge in [-0.3, -0.25) is 9.59 Å². The minimum Gasteiger partial charge on any atom is -0.482 e. The minimum absolute atomic E-state index is 0.0485. The SMILES string of the molecule is COC(=O)CNCc1ccc2c(c1)NC(=O)CO2. The van der Waals surface area contributed by atoms with Crippen LogP contribution in [0.25, 0.3) is 0 Å². The standard InChI is InChI=1S/C12H14N2O4/c1-17-12(16)6-13-5-8-2-3-10-9(4-8)14-11(15)7-18-10/h2-4,13H,5-7H2,1H3,(H,14,15). The van der Waals surface area contributed by atoms with Gasteiger partial charge >= 0.3 is 5.97 Å². The summed E-state index contributed by atoms with van der Waals surface area (Å²) in [6.45, 7) is 0.710. The fourth-order valence-corrected chi connectivity index (χ4v) is 1.62. The number of esters is 1. The zero-order valence-corrected chi connectivity index (χ0v) is 9.99. The molecule has 1 aromatic rings. The second kappa shape index (κ2) is 5.50. The molecule has 96 valence electrons. The quantitative estimate of drug-likeness (QED) is 0.751. The van der Waals surface area contributed by atoms with Crippen LogP contribution in [-0.2, 0) is 20.9 Å². The number of hydrogen-bond donors (Lipinski definition) is 2. The van der Waals surface area contributed by atoms with Crippen molar-refractivity contribution >= 4 is 17.6 Å². The van der Waals surface area contributed by atoms with Gasteiger partial charge in [-0.05, 0) is 17.7 Å². The molecule has 2 rings (SSSR count). The largest absolute Gasteiger partial charge is 0.482 e. The molecule has 0 atom stereocenters. The molecule has 0 unspecified atom stereocenters. The second-order valence-corrected chi connectivity index (χ2v) is 3.85. The van der Waals surface area contributed by atoms with Crippen LogP contribution in [0.4, 0.5) is 5.69 Å². The van der Waals surface area contributed by atoms with Crippen molar-refractivity contribution in [2.75, 3.05) is 25.6 Å². The van der Waals surface area contributed by atoms with Crippen LogP contribution in [0, 0.1) is 0 Å². The van der Waals surface area contributed by atoms with Crippen LogP contribution in [0.2, 0.25) is 0 Å². The average molecular weight is 250 g/mol. The van der Waals surface area contributed by atoms with E-state index in [0.717, 1.165) is 5.56 Å². The highest BCUT2D eigenvalue weighted by atomic mass is 16.5. The molecular formula is C12H14N2O4. The summed E-state index contributed by atoms with van der Waals surface area (Å²) in [4.78, 5) is 22.1. The molecule has 18 heavy (non-hydrogen) atoms. The number of benzene rings is 1. The summed E-state index contributed by atoms with van der Waals surface area (Å²) in [5, 5.41) is 5.67. The van der Waals surface area contributed by atoms with E-state index >= 15 is 0 Å². The van der Waals surface area contributed by atoms with Gasteiger partial charge in [0.15, 0.2) is 6.61 Å². The second-order valence-electron chi connectivity index (χ2n) is 3.85. The van der Waals surface area contributed by atoms with Crippen molar-refractivity contribution < 1.29 is 19.1 Å². The Labute approximate surface area is 104 Å². The van der Waals surface area contributed by atoms with Crippen molar-refractivity contribution in [3.05, 3.63) is 23.8 Å². The van der Waals surface area contributed by atoms with E-state index in [9.17, 15) is 9.59 Å². The molecule has 6 heteroatoms. The molecule has 1 heterocycles. The molecule has 0 spiro atoms. The number of methoxy groups -OCH3 is 1. The summed E-state index contributed by atoms with van der Waals surface area (Å²) in [6.07, 6.45) is 0. The molecular weight excluding hydrogens is 236 g/mol.